The van der Waals surface area contributed by atoms with Crippen LogP contribution in [0.3, 0.4) is 0 Å². The van der Waals surface area contributed by atoms with Gasteiger partial charge in [-0.3, -0.25) is 0 Å². The average molecular weight is 211 g/mol. The van der Waals surface area contributed by atoms with E-state index in [4.69, 9.17) is 0 Å². The number of hydrogen-bond donors (Lipinski definition) is 1. The Balaban J connectivity index is 2.07. The first kappa shape index (κ1) is 11.7. The quantitative estimate of drug-likeness (QED) is 0.673. The molecule has 0 bridgehead atoms. The lowest BCUT2D eigenvalue weighted by atomic mass is 10.2. The molecule has 1 rings (SSSR count). The third kappa shape index (κ3) is 4.25. The van der Waals surface area contributed by atoms with Gasteiger partial charge in [-0.2, -0.15) is 0 Å². The molecule has 0 saturated carbocycles. The highest BCUT2D eigenvalue weighted by atomic mass is 32.1. The highest BCUT2D eigenvalue weighted by Gasteiger charge is 2.03. The molecule has 1 heterocycles. The van der Waals surface area contributed by atoms with E-state index in [9.17, 15) is 0 Å². The Morgan fingerprint density at radius 1 is 1.36 bits per heavy atom. The van der Waals surface area contributed by atoms with Crippen molar-refractivity contribution in [2.24, 2.45) is 0 Å². The molecule has 0 aromatic carbocycles. The van der Waals surface area contributed by atoms with Crippen molar-refractivity contribution < 1.29 is 0 Å². The van der Waals surface area contributed by atoms with Gasteiger partial charge in [0, 0.05) is 10.9 Å². The Morgan fingerprint density at radius 2 is 2.21 bits per heavy atom. The topological polar surface area (TPSA) is 12.0 Å². The second kappa shape index (κ2) is 7.02. The fourth-order valence-corrected chi connectivity index (χ4v) is 2.27. The molecule has 0 aliphatic heterocycles. The minimum atomic E-state index is 0.525. The van der Waals surface area contributed by atoms with E-state index in [1.54, 1.807) is 0 Å². The smallest absolute Gasteiger partial charge is 0.0386 e. The van der Waals surface area contributed by atoms with Crippen LogP contribution in [-0.4, -0.2) is 6.54 Å². The van der Waals surface area contributed by atoms with Crippen molar-refractivity contribution in [2.75, 3.05) is 6.54 Å². The van der Waals surface area contributed by atoms with Crippen molar-refractivity contribution in [3.8, 4) is 0 Å². The minimum absolute atomic E-state index is 0.525. The second-order valence-electron chi connectivity index (χ2n) is 3.75. The van der Waals surface area contributed by atoms with Gasteiger partial charge in [-0.1, -0.05) is 32.3 Å². The Kier molecular flexibility index (Phi) is 5.88. The monoisotopic (exact) mass is 211 g/mol. The van der Waals surface area contributed by atoms with Crippen LogP contribution in [-0.2, 0) is 0 Å². The second-order valence-corrected chi connectivity index (χ2v) is 4.73. The van der Waals surface area contributed by atoms with E-state index in [2.05, 4.69) is 36.7 Å². The molecular formula is C12H21NS. The summed E-state index contributed by atoms with van der Waals surface area (Å²) in [5, 5.41) is 5.70. The van der Waals surface area contributed by atoms with Gasteiger partial charge in [-0.05, 0) is 31.3 Å². The van der Waals surface area contributed by atoms with Crippen molar-refractivity contribution in [1.29, 1.82) is 0 Å². The largest absolute Gasteiger partial charge is 0.309 e. The van der Waals surface area contributed by atoms with Crippen molar-refractivity contribution in [3.63, 3.8) is 0 Å². The molecule has 1 atom stereocenters. The maximum atomic E-state index is 3.55. The van der Waals surface area contributed by atoms with Gasteiger partial charge < -0.3 is 5.32 Å². The molecule has 0 saturated heterocycles. The van der Waals surface area contributed by atoms with Gasteiger partial charge in [0.15, 0.2) is 0 Å². The molecule has 1 N–H and O–H groups in total. The molecule has 0 amide bonds. The fraction of sp³-hybridized carbons (Fsp3) is 0.667. The molecule has 0 fully saturated rings. The highest BCUT2D eigenvalue weighted by molar-refractivity contribution is 7.10. The summed E-state index contributed by atoms with van der Waals surface area (Å²) in [4.78, 5) is 1.44. The lowest BCUT2D eigenvalue weighted by Crippen LogP contribution is -2.18. The van der Waals surface area contributed by atoms with Gasteiger partial charge in [-0.25, -0.2) is 0 Å². The third-order valence-corrected chi connectivity index (χ3v) is 3.51. The van der Waals surface area contributed by atoms with Crippen LogP contribution in [0, 0.1) is 0 Å². The van der Waals surface area contributed by atoms with Crippen LogP contribution < -0.4 is 5.32 Å². The summed E-state index contributed by atoms with van der Waals surface area (Å²) in [5.41, 5.74) is 0. The molecule has 1 nitrogen and oxygen atoms in total. The number of unbranched alkanes of at least 4 members (excludes halogenated alkanes) is 3. The SMILES string of the molecule is CCCCCCNC(C)c1cccs1. The Labute approximate surface area is 91.5 Å². The summed E-state index contributed by atoms with van der Waals surface area (Å²) in [6.45, 7) is 5.65. The van der Waals surface area contributed by atoms with Crippen LogP contribution in [0.5, 0.6) is 0 Å². The Hall–Kier alpha value is -0.340. The lowest BCUT2D eigenvalue weighted by molar-refractivity contribution is 0.542. The zero-order chi connectivity index (χ0) is 10.2. The average Bonchev–Trinajstić information content (AvgIpc) is 2.70. The Morgan fingerprint density at radius 3 is 2.86 bits per heavy atom. The molecule has 14 heavy (non-hydrogen) atoms. The van der Waals surface area contributed by atoms with Crippen molar-refractivity contribution in [3.05, 3.63) is 22.4 Å². The fourth-order valence-electron chi connectivity index (χ4n) is 1.51. The maximum Gasteiger partial charge on any atom is 0.0386 e. The van der Waals surface area contributed by atoms with Gasteiger partial charge in [0.2, 0.25) is 0 Å². The van der Waals surface area contributed by atoms with E-state index >= 15 is 0 Å². The summed E-state index contributed by atoms with van der Waals surface area (Å²) in [6.07, 6.45) is 5.36. The number of hydrogen-bond acceptors (Lipinski definition) is 2. The maximum absolute atomic E-state index is 3.55. The summed E-state index contributed by atoms with van der Waals surface area (Å²) >= 11 is 1.84. The van der Waals surface area contributed by atoms with E-state index in [-0.39, 0.29) is 0 Å². The molecule has 1 aromatic heterocycles. The lowest BCUT2D eigenvalue weighted by Gasteiger charge is -2.11. The molecule has 0 spiro atoms. The van der Waals surface area contributed by atoms with Crippen molar-refractivity contribution in [1.82, 2.24) is 5.32 Å². The zero-order valence-electron chi connectivity index (χ0n) is 9.25. The molecule has 0 aliphatic carbocycles. The van der Waals surface area contributed by atoms with Crippen molar-refractivity contribution in [2.45, 2.75) is 45.6 Å². The van der Waals surface area contributed by atoms with Crippen LogP contribution in [0.25, 0.3) is 0 Å². The molecule has 1 unspecified atom stereocenters. The molecule has 0 radical (unpaired) electrons. The molecular weight excluding hydrogens is 190 g/mol. The van der Waals surface area contributed by atoms with E-state index in [0.29, 0.717) is 6.04 Å². The van der Waals surface area contributed by atoms with Crippen LogP contribution in [0.2, 0.25) is 0 Å². The number of rotatable bonds is 7. The first-order chi connectivity index (χ1) is 6.84. The van der Waals surface area contributed by atoms with Crippen LogP contribution in [0.1, 0.15) is 50.4 Å². The standard InChI is InChI=1S/C12H21NS/c1-3-4-5-6-9-13-11(2)12-8-7-10-14-12/h7-8,10-11,13H,3-6,9H2,1-2H3. The molecule has 1 aromatic rings. The minimum Gasteiger partial charge on any atom is -0.309 e. The number of thiophene rings is 1. The van der Waals surface area contributed by atoms with Crippen LogP contribution in [0.4, 0.5) is 0 Å². The van der Waals surface area contributed by atoms with Gasteiger partial charge >= 0.3 is 0 Å². The normalized spacial score (nSPS) is 13.0. The summed E-state index contributed by atoms with van der Waals surface area (Å²) in [6, 6.07) is 4.85. The van der Waals surface area contributed by atoms with Gasteiger partial charge in [0.1, 0.15) is 0 Å². The first-order valence-corrected chi connectivity index (χ1v) is 6.49. The molecule has 0 aliphatic rings. The molecule has 2 heteroatoms. The predicted molar refractivity (Wildman–Crippen MR) is 64.9 cm³/mol. The predicted octanol–water partition coefficient (Wildman–Crippen LogP) is 3.98. The van der Waals surface area contributed by atoms with Crippen molar-refractivity contribution >= 4 is 11.3 Å². The van der Waals surface area contributed by atoms with Gasteiger partial charge in [0.25, 0.3) is 0 Å². The number of nitrogens with one attached hydrogen (secondary N) is 1. The van der Waals surface area contributed by atoms with Gasteiger partial charge in [-0.15, -0.1) is 11.3 Å². The van der Waals surface area contributed by atoms with E-state index in [1.165, 1.54) is 30.6 Å². The summed E-state index contributed by atoms with van der Waals surface area (Å²) in [7, 11) is 0. The van der Waals surface area contributed by atoms with E-state index in [1.807, 2.05) is 11.3 Å². The highest BCUT2D eigenvalue weighted by Crippen LogP contribution is 2.17. The van der Waals surface area contributed by atoms with Crippen LogP contribution in [0.15, 0.2) is 17.5 Å². The summed E-state index contributed by atoms with van der Waals surface area (Å²) in [5.74, 6) is 0. The Bertz CT molecular complexity index is 218. The van der Waals surface area contributed by atoms with Gasteiger partial charge in [0.05, 0.1) is 0 Å². The molecule has 80 valence electrons. The van der Waals surface area contributed by atoms with Crippen LogP contribution >= 0.6 is 11.3 Å². The van der Waals surface area contributed by atoms with E-state index < -0.39 is 0 Å². The summed E-state index contributed by atoms with van der Waals surface area (Å²) < 4.78 is 0. The van der Waals surface area contributed by atoms with E-state index in [0.717, 1.165) is 6.54 Å². The zero-order valence-corrected chi connectivity index (χ0v) is 10.1. The first-order valence-electron chi connectivity index (χ1n) is 5.61. The third-order valence-electron chi connectivity index (χ3n) is 2.45.